The first-order chi connectivity index (χ1) is 9.54. The van der Waals surface area contributed by atoms with Crippen LogP contribution in [0.15, 0.2) is 24.3 Å². The third-order valence-electron chi connectivity index (χ3n) is 3.23. The molecule has 0 aliphatic rings. The van der Waals surface area contributed by atoms with Gasteiger partial charge in [0.15, 0.2) is 0 Å². The van der Waals surface area contributed by atoms with Gasteiger partial charge >= 0.3 is 0 Å². The van der Waals surface area contributed by atoms with Gasteiger partial charge in [0, 0.05) is 11.3 Å². The van der Waals surface area contributed by atoms with Crippen molar-refractivity contribution in [3.63, 3.8) is 0 Å². The number of thiazole rings is 1. The van der Waals surface area contributed by atoms with E-state index in [0.717, 1.165) is 17.1 Å². The number of hydrogen-bond donors (Lipinski definition) is 1. The van der Waals surface area contributed by atoms with Crippen molar-refractivity contribution < 1.29 is 4.79 Å². The van der Waals surface area contributed by atoms with Crippen LogP contribution >= 0.6 is 11.3 Å². The number of amides is 1. The highest BCUT2D eigenvalue weighted by atomic mass is 32.1. The normalized spacial score (nSPS) is 10.6. The molecule has 0 bridgehead atoms. The molecule has 4 heteroatoms. The topological polar surface area (TPSA) is 42.0 Å². The Hall–Kier alpha value is -1.68. The number of aromatic nitrogens is 1. The molecule has 0 aliphatic heterocycles. The van der Waals surface area contributed by atoms with Crippen LogP contribution in [0.2, 0.25) is 0 Å². The highest BCUT2D eigenvalue weighted by Gasteiger charge is 2.06. The van der Waals surface area contributed by atoms with Gasteiger partial charge in [0.1, 0.15) is 5.01 Å². The third-order valence-corrected chi connectivity index (χ3v) is 4.31. The lowest BCUT2D eigenvalue weighted by atomic mass is 10.1. The molecule has 1 N–H and O–H groups in total. The minimum absolute atomic E-state index is 0.0806. The van der Waals surface area contributed by atoms with Gasteiger partial charge in [-0.25, -0.2) is 4.98 Å². The largest absolute Gasteiger partial charge is 0.350 e. The monoisotopic (exact) mass is 288 g/mol. The highest BCUT2D eigenvalue weighted by molar-refractivity contribution is 7.11. The lowest BCUT2D eigenvalue weighted by Gasteiger charge is -2.04. The van der Waals surface area contributed by atoms with Crippen molar-refractivity contribution in [3.8, 4) is 0 Å². The van der Waals surface area contributed by atoms with Crippen LogP contribution in [0, 0.1) is 20.8 Å². The van der Waals surface area contributed by atoms with Crippen LogP contribution in [0.1, 0.15) is 33.1 Å². The fourth-order valence-electron chi connectivity index (χ4n) is 2.00. The quantitative estimate of drug-likeness (QED) is 0.917. The molecular formula is C16H20N2OS. The van der Waals surface area contributed by atoms with Gasteiger partial charge in [-0.3, -0.25) is 4.79 Å². The summed E-state index contributed by atoms with van der Waals surface area (Å²) in [5, 5.41) is 3.91. The van der Waals surface area contributed by atoms with Crippen molar-refractivity contribution in [1.29, 1.82) is 0 Å². The summed E-state index contributed by atoms with van der Waals surface area (Å²) in [6, 6.07) is 8.29. The molecule has 0 radical (unpaired) electrons. The van der Waals surface area contributed by atoms with Crippen LogP contribution in [0.5, 0.6) is 0 Å². The van der Waals surface area contributed by atoms with Crippen molar-refractivity contribution >= 4 is 17.2 Å². The van der Waals surface area contributed by atoms with Crippen LogP contribution in [0.25, 0.3) is 0 Å². The Morgan fingerprint density at radius 2 is 2.10 bits per heavy atom. The summed E-state index contributed by atoms with van der Waals surface area (Å²) in [6.07, 6.45) is 1.30. The van der Waals surface area contributed by atoms with E-state index >= 15 is 0 Å². The van der Waals surface area contributed by atoms with E-state index in [0.29, 0.717) is 13.0 Å². The van der Waals surface area contributed by atoms with E-state index in [-0.39, 0.29) is 5.91 Å². The number of benzene rings is 1. The van der Waals surface area contributed by atoms with E-state index in [4.69, 9.17) is 0 Å². The zero-order valence-corrected chi connectivity index (χ0v) is 13.0. The standard InChI is InChI=1S/C16H20N2OS/c1-11-5-4-6-14(9-11)7-8-15(19)17-10-16-18-12(2)13(3)20-16/h4-6,9H,7-8,10H2,1-3H3,(H,17,19). The number of nitrogens with zero attached hydrogens (tertiary/aromatic N) is 1. The molecule has 1 aromatic heterocycles. The van der Waals surface area contributed by atoms with Crippen molar-refractivity contribution in [3.05, 3.63) is 51.0 Å². The van der Waals surface area contributed by atoms with Crippen LogP contribution in [0.3, 0.4) is 0 Å². The Labute approximate surface area is 124 Å². The summed E-state index contributed by atoms with van der Waals surface area (Å²) < 4.78 is 0. The molecule has 0 aliphatic carbocycles. The minimum Gasteiger partial charge on any atom is -0.350 e. The van der Waals surface area contributed by atoms with Crippen molar-refractivity contribution in [1.82, 2.24) is 10.3 Å². The van der Waals surface area contributed by atoms with E-state index in [1.807, 2.05) is 13.0 Å². The summed E-state index contributed by atoms with van der Waals surface area (Å²) in [6.45, 7) is 6.65. The molecule has 0 spiro atoms. The van der Waals surface area contributed by atoms with Crippen LogP contribution in [0.4, 0.5) is 0 Å². The second-order valence-electron chi connectivity index (χ2n) is 5.01. The molecule has 0 unspecified atom stereocenters. The van der Waals surface area contributed by atoms with E-state index in [1.54, 1.807) is 11.3 Å². The fourth-order valence-corrected chi connectivity index (χ4v) is 2.88. The zero-order chi connectivity index (χ0) is 14.5. The van der Waals surface area contributed by atoms with Crippen LogP contribution < -0.4 is 5.32 Å². The van der Waals surface area contributed by atoms with E-state index < -0.39 is 0 Å². The molecule has 1 aromatic carbocycles. The van der Waals surface area contributed by atoms with Gasteiger partial charge in [0.05, 0.1) is 12.2 Å². The van der Waals surface area contributed by atoms with Gasteiger partial charge in [0.25, 0.3) is 0 Å². The maximum absolute atomic E-state index is 11.8. The number of rotatable bonds is 5. The van der Waals surface area contributed by atoms with E-state index in [1.165, 1.54) is 16.0 Å². The molecule has 0 atom stereocenters. The number of hydrogen-bond acceptors (Lipinski definition) is 3. The van der Waals surface area contributed by atoms with Crippen LogP contribution in [-0.4, -0.2) is 10.9 Å². The van der Waals surface area contributed by atoms with E-state index in [9.17, 15) is 4.79 Å². The Kier molecular flexibility index (Phi) is 4.90. The molecule has 3 nitrogen and oxygen atoms in total. The summed E-state index contributed by atoms with van der Waals surface area (Å²) >= 11 is 1.65. The van der Waals surface area contributed by atoms with Gasteiger partial charge < -0.3 is 5.32 Å². The Morgan fingerprint density at radius 1 is 1.30 bits per heavy atom. The number of carbonyl (C=O) groups is 1. The SMILES string of the molecule is Cc1cccc(CCC(=O)NCc2nc(C)c(C)s2)c1. The average molecular weight is 288 g/mol. The second kappa shape index (κ2) is 6.66. The molecule has 0 fully saturated rings. The third kappa shape index (κ3) is 4.17. The Balaban J connectivity index is 1.78. The van der Waals surface area contributed by atoms with Crippen molar-refractivity contribution in [2.45, 2.75) is 40.2 Å². The molecule has 0 saturated carbocycles. The van der Waals surface area contributed by atoms with Gasteiger partial charge in [-0.05, 0) is 32.8 Å². The molecule has 20 heavy (non-hydrogen) atoms. The average Bonchev–Trinajstić information content (AvgIpc) is 2.73. The van der Waals surface area contributed by atoms with Gasteiger partial charge in [0.2, 0.25) is 5.91 Å². The second-order valence-corrected chi connectivity index (χ2v) is 6.30. The summed E-state index contributed by atoms with van der Waals surface area (Å²) in [5.74, 6) is 0.0806. The first kappa shape index (κ1) is 14.7. The lowest BCUT2D eigenvalue weighted by Crippen LogP contribution is -2.22. The van der Waals surface area contributed by atoms with Crippen molar-refractivity contribution in [2.75, 3.05) is 0 Å². The number of carbonyl (C=O) groups excluding carboxylic acids is 1. The molecule has 0 saturated heterocycles. The predicted octanol–water partition coefficient (Wildman–Crippen LogP) is 3.32. The summed E-state index contributed by atoms with van der Waals surface area (Å²) in [4.78, 5) is 17.5. The van der Waals surface area contributed by atoms with Gasteiger partial charge in [-0.2, -0.15) is 0 Å². The smallest absolute Gasteiger partial charge is 0.220 e. The zero-order valence-electron chi connectivity index (χ0n) is 12.2. The van der Waals surface area contributed by atoms with Crippen LogP contribution in [-0.2, 0) is 17.8 Å². The number of aryl methyl sites for hydroxylation is 4. The van der Waals surface area contributed by atoms with E-state index in [2.05, 4.69) is 42.3 Å². The Morgan fingerprint density at radius 3 is 2.75 bits per heavy atom. The molecule has 2 rings (SSSR count). The summed E-state index contributed by atoms with van der Waals surface area (Å²) in [5.41, 5.74) is 3.50. The maximum atomic E-state index is 11.8. The lowest BCUT2D eigenvalue weighted by molar-refractivity contribution is -0.121. The minimum atomic E-state index is 0.0806. The number of nitrogens with one attached hydrogen (secondary N) is 1. The summed E-state index contributed by atoms with van der Waals surface area (Å²) in [7, 11) is 0. The molecule has 2 aromatic rings. The molecule has 1 heterocycles. The maximum Gasteiger partial charge on any atom is 0.220 e. The van der Waals surface area contributed by atoms with Gasteiger partial charge in [-0.15, -0.1) is 11.3 Å². The first-order valence-electron chi connectivity index (χ1n) is 6.80. The molecule has 106 valence electrons. The van der Waals surface area contributed by atoms with Crippen molar-refractivity contribution in [2.24, 2.45) is 0 Å². The first-order valence-corrected chi connectivity index (χ1v) is 7.61. The molecular weight excluding hydrogens is 268 g/mol. The van der Waals surface area contributed by atoms with Gasteiger partial charge in [-0.1, -0.05) is 29.8 Å². The predicted molar refractivity (Wildman–Crippen MR) is 82.9 cm³/mol. The highest BCUT2D eigenvalue weighted by Crippen LogP contribution is 2.16. The Bertz CT molecular complexity index is 585. The fraction of sp³-hybridized carbons (Fsp3) is 0.375. The molecule has 1 amide bonds.